The number of halogens is 1. The van der Waals surface area contributed by atoms with E-state index in [0.29, 0.717) is 16.7 Å². The fraction of sp³-hybridized carbons (Fsp3) is 0.333. The number of furan rings is 1. The Labute approximate surface area is 126 Å². The van der Waals surface area contributed by atoms with E-state index >= 15 is 0 Å². The number of amides is 3. The molecule has 0 saturated carbocycles. The first-order valence-electron chi connectivity index (χ1n) is 6.84. The number of nitrogens with one attached hydrogen (secondary N) is 2. The lowest BCUT2D eigenvalue weighted by Crippen LogP contribution is -2.47. The molecule has 22 heavy (non-hydrogen) atoms. The van der Waals surface area contributed by atoms with E-state index < -0.39 is 24.0 Å². The van der Waals surface area contributed by atoms with Crippen molar-refractivity contribution in [2.75, 3.05) is 0 Å². The second kappa shape index (κ2) is 6.05. The van der Waals surface area contributed by atoms with Crippen molar-refractivity contribution >= 4 is 22.9 Å². The Morgan fingerprint density at radius 2 is 1.95 bits per heavy atom. The number of hydrogen-bond donors (Lipinski definition) is 3. The first kappa shape index (κ1) is 15.8. The number of benzene rings is 1. The summed E-state index contributed by atoms with van der Waals surface area (Å²) in [6.07, 6.45) is 0. The van der Waals surface area contributed by atoms with E-state index in [0.717, 1.165) is 5.56 Å². The molecule has 6 nitrogen and oxygen atoms in total. The van der Waals surface area contributed by atoms with Crippen molar-refractivity contribution in [3.8, 4) is 0 Å². The van der Waals surface area contributed by atoms with Crippen LogP contribution in [0.25, 0.3) is 11.0 Å². The van der Waals surface area contributed by atoms with Gasteiger partial charge >= 0.3 is 6.03 Å². The average Bonchev–Trinajstić information content (AvgIpc) is 2.75. The number of rotatable bonds is 4. The van der Waals surface area contributed by atoms with Gasteiger partial charge < -0.3 is 20.8 Å². The molecule has 118 valence electrons. The van der Waals surface area contributed by atoms with Gasteiger partial charge in [0.05, 0.1) is 6.04 Å². The van der Waals surface area contributed by atoms with Crippen molar-refractivity contribution in [3.63, 3.8) is 0 Å². The van der Waals surface area contributed by atoms with Crippen LogP contribution in [0, 0.1) is 12.7 Å². The van der Waals surface area contributed by atoms with Gasteiger partial charge in [0, 0.05) is 10.9 Å². The van der Waals surface area contributed by atoms with Gasteiger partial charge in [-0.25, -0.2) is 9.18 Å². The lowest BCUT2D eigenvalue weighted by Gasteiger charge is -2.17. The third kappa shape index (κ3) is 3.19. The summed E-state index contributed by atoms with van der Waals surface area (Å²) < 4.78 is 19.0. The Kier molecular flexibility index (Phi) is 4.35. The number of carbonyl (C=O) groups excluding carboxylic acids is 2. The molecular weight excluding hydrogens is 289 g/mol. The SMILES string of the molecule is Cc1c([C@@H](C)NC(=O)[C@H](C)NC(N)=O)oc2ccc(F)cc12. The Morgan fingerprint density at radius 3 is 2.59 bits per heavy atom. The summed E-state index contributed by atoms with van der Waals surface area (Å²) in [5.41, 5.74) is 6.29. The maximum absolute atomic E-state index is 13.3. The maximum Gasteiger partial charge on any atom is 0.312 e. The fourth-order valence-corrected chi connectivity index (χ4v) is 2.31. The number of fused-ring (bicyclic) bond motifs is 1. The summed E-state index contributed by atoms with van der Waals surface area (Å²) in [5, 5.41) is 5.68. The number of hydrogen-bond acceptors (Lipinski definition) is 3. The molecule has 1 heterocycles. The summed E-state index contributed by atoms with van der Waals surface area (Å²) in [5.74, 6) is -0.198. The zero-order valence-corrected chi connectivity index (χ0v) is 12.6. The molecule has 2 atom stereocenters. The average molecular weight is 307 g/mol. The third-order valence-corrected chi connectivity index (χ3v) is 3.44. The van der Waals surface area contributed by atoms with E-state index in [9.17, 15) is 14.0 Å². The van der Waals surface area contributed by atoms with Crippen LogP contribution >= 0.6 is 0 Å². The van der Waals surface area contributed by atoms with Gasteiger partial charge in [-0.15, -0.1) is 0 Å². The number of aryl methyl sites for hydroxylation is 1. The van der Waals surface area contributed by atoms with Gasteiger partial charge in [0.25, 0.3) is 0 Å². The molecule has 1 aromatic carbocycles. The minimum atomic E-state index is -0.773. The standard InChI is InChI=1S/C15H18FN3O3/c1-7-11-6-10(16)4-5-12(11)22-13(7)8(2)18-14(20)9(3)19-15(17)21/h4-6,8-9H,1-3H3,(H,18,20)(H3,17,19,21)/t8-,9+/m1/s1. The third-order valence-electron chi connectivity index (χ3n) is 3.44. The molecular formula is C15H18FN3O3. The quantitative estimate of drug-likeness (QED) is 0.807. The van der Waals surface area contributed by atoms with Crippen LogP contribution in [0.4, 0.5) is 9.18 Å². The highest BCUT2D eigenvalue weighted by atomic mass is 19.1. The summed E-state index contributed by atoms with van der Waals surface area (Å²) in [6.45, 7) is 5.07. The summed E-state index contributed by atoms with van der Waals surface area (Å²) in [6, 6.07) is 2.29. The van der Waals surface area contributed by atoms with Gasteiger partial charge in [-0.2, -0.15) is 0 Å². The molecule has 4 N–H and O–H groups in total. The molecule has 0 radical (unpaired) electrons. The Balaban J connectivity index is 2.19. The van der Waals surface area contributed by atoms with Crippen LogP contribution < -0.4 is 16.4 Å². The monoisotopic (exact) mass is 307 g/mol. The summed E-state index contributed by atoms with van der Waals surface area (Å²) in [4.78, 5) is 22.7. The smallest absolute Gasteiger partial charge is 0.312 e. The molecule has 0 unspecified atom stereocenters. The summed E-state index contributed by atoms with van der Waals surface area (Å²) in [7, 11) is 0. The second-order valence-electron chi connectivity index (χ2n) is 5.19. The Bertz CT molecular complexity index is 726. The lowest BCUT2D eigenvalue weighted by atomic mass is 10.1. The van der Waals surface area contributed by atoms with Crippen molar-refractivity contribution in [2.24, 2.45) is 5.73 Å². The zero-order chi connectivity index (χ0) is 16.4. The molecule has 3 amide bonds. The molecule has 0 aliphatic rings. The molecule has 0 spiro atoms. The van der Waals surface area contributed by atoms with Gasteiger partial charge in [0.2, 0.25) is 5.91 Å². The number of primary amides is 1. The molecule has 0 aliphatic carbocycles. The minimum Gasteiger partial charge on any atom is -0.459 e. The van der Waals surface area contributed by atoms with E-state index in [1.807, 2.05) is 0 Å². The van der Waals surface area contributed by atoms with Crippen LogP contribution in [0.3, 0.4) is 0 Å². The van der Waals surface area contributed by atoms with Crippen LogP contribution in [0.5, 0.6) is 0 Å². The first-order chi connectivity index (χ1) is 10.3. The number of carbonyl (C=O) groups is 2. The Morgan fingerprint density at radius 1 is 1.27 bits per heavy atom. The van der Waals surface area contributed by atoms with Gasteiger partial charge in [-0.05, 0) is 39.0 Å². The highest BCUT2D eigenvalue weighted by Crippen LogP contribution is 2.29. The van der Waals surface area contributed by atoms with E-state index in [-0.39, 0.29) is 5.82 Å². The van der Waals surface area contributed by atoms with Crippen molar-refractivity contribution < 1.29 is 18.4 Å². The molecule has 0 bridgehead atoms. The predicted octanol–water partition coefficient (Wildman–Crippen LogP) is 2.11. The second-order valence-corrected chi connectivity index (χ2v) is 5.19. The van der Waals surface area contributed by atoms with Crippen LogP contribution in [0.15, 0.2) is 22.6 Å². The van der Waals surface area contributed by atoms with Crippen molar-refractivity contribution in [1.82, 2.24) is 10.6 Å². The Hall–Kier alpha value is -2.57. The number of urea groups is 1. The van der Waals surface area contributed by atoms with Crippen LogP contribution in [0.2, 0.25) is 0 Å². The van der Waals surface area contributed by atoms with Crippen molar-refractivity contribution in [3.05, 3.63) is 35.3 Å². The highest BCUT2D eigenvalue weighted by Gasteiger charge is 2.21. The molecule has 7 heteroatoms. The van der Waals surface area contributed by atoms with E-state index in [1.165, 1.54) is 19.1 Å². The molecule has 1 aromatic heterocycles. The normalized spacial score (nSPS) is 13.6. The summed E-state index contributed by atoms with van der Waals surface area (Å²) >= 11 is 0. The largest absolute Gasteiger partial charge is 0.459 e. The van der Waals surface area contributed by atoms with Gasteiger partial charge in [-0.3, -0.25) is 4.79 Å². The predicted molar refractivity (Wildman–Crippen MR) is 79.6 cm³/mol. The van der Waals surface area contributed by atoms with Crippen molar-refractivity contribution in [1.29, 1.82) is 0 Å². The van der Waals surface area contributed by atoms with E-state index in [1.54, 1.807) is 19.9 Å². The zero-order valence-electron chi connectivity index (χ0n) is 12.6. The van der Waals surface area contributed by atoms with Crippen LogP contribution in [-0.2, 0) is 4.79 Å². The van der Waals surface area contributed by atoms with Gasteiger partial charge in [0.1, 0.15) is 23.2 Å². The molecule has 2 aromatic rings. The van der Waals surface area contributed by atoms with E-state index in [2.05, 4.69) is 10.6 Å². The number of nitrogens with two attached hydrogens (primary N) is 1. The van der Waals surface area contributed by atoms with E-state index in [4.69, 9.17) is 10.2 Å². The first-order valence-corrected chi connectivity index (χ1v) is 6.84. The topological polar surface area (TPSA) is 97.4 Å². The van der Waals surface area contributed by atoms with Gasteiger partial charge in [0.15, 0.2) is 0 Å². The lowest BCUT2D eigenvalue weighted by molar-refractivity contribution is -0.123. The molecule has 2 rings (SSSR count). The minimum absolute atomic E-state index is 0.348. The van der Waals surface area contributed by atoms with Gasteiger partial charge in [-0.1, -0.05) is 0 Å². The molecule has 0 aliphatic heterocycles. The van der Waals surface area contributed by atoms with Crippen molar-refractivity contribution in [2.45, 2.75) is 32.9 Å². The highest BCUT2D eigenvalue weighted by molar-refractivity contribution is 5.87. The molecule has 0 fully saturated rings. The fourth-order valence-electron chi connectivity index (χ4n) is 2.31. The molecule has 0 saturated heterocycles. The maximum atomic E-state index is 13.3. The van der Waals surface area contributed by atoms with Crippen LogP contribution in [0.1, 0.15) is 31.2 Å². The van der Waals surface area contributed by atoms with Crippen LogP contribution in [-0.4, -0.2) is 18.0 Å².